The first-order valence-corrected chi connectivity index (χ1v) is 8.34. The van der Waals surface area contributed by atoms with Crippen molar-refractivity contribution in [1.29, 1.82) is 0 Å². The molecule has 3 rings (SSSR count). The van der Waals surface area contributed by atoms with Crippen molar-refractivity contribution < 1.29 is 4.79 Å². The van der Waals surface area contributed by atoms with Crippen molar-refractivity contribution in [3.8, 4) is 0 Å². The molecule has 1 heterocycles. The number of para-hydroxylation sites is 1. The largest absolute Gasteiger partial charge is 0.353 e. The van der Waals surface area contributed by atoms with Crippen LogP contribution in [0.25, 0.3) is 0 Å². The van der Waals surface area contributed by atoms with E-state index in [-0.39, 0.29) is 11.9 Å². The summed E-state index contributed by atoms with van der Waals surface area (Å²) >= 11 is 6.12. The molecule has 0 aliphatic heterocycles. The number of carbonyl (C=O) groups is 1. The maximum absolute atomic E-state index is 12.3. The Morgan fingerprint density at radius 2 is 1.72 bits per heavy atom. The van der Waals surface area contributed by atoms with Crippen LogP contribution in [0, 0.1) is 0 Å². The lowest BCUT2D eigenvalue weighted by Crippen LogP contribution is -2.27. The number of nitrogens with one attached hydrogen (secondary N) is 2. The molecule has 3 aromatic rings. The number of halogens is 1. The average molecular weight is 352 g/mol. The number of anilines is 2. The molecular weight excluding hydrogens is 334 g/mol. The molecule has 0 spiro atoms. The van der Waals surface area contributed by atoms with Gasteiger partial charge in [0.05, 0.1) is 28.6 Å². The maximum Gasteiger partial charge on any atom is 0.270 e. The molecule has 0 fully saturated rings. The highest BCUT2D eigenvalue weighted by molar-refractivity contribution is 6.33. The van der Waals surface area contributed by atoms with Crippen molar-refractivity contribution in [2.45, 2.75) is 13.0 Å². The van der Waals surface area contributed by atoms with Crippen LogP contribution in [0.1, 0.15) is 29.0 Å². The SMILES string of the molecule is CC(NC(=O)c1ccc(Nc2ccccc2Cl)cn1)c1ccccc1. The van der Waals surface area contributed by atoms with Crippen LogP contribution in [0.5, 0.6) is 0 Å². The van der Waals surface area contributed by atoms with Crippen LogP contribution in [0.4, 0.5) is 11.4 Å². The molecule has 2 N–H and O–H groups in total. The van der Waals surface area contributed by atoms with Crippen molar-refractivity contribution >= 4 is 28.9 Å². The monoisotopic (exact) mass is 351 g/mol. The minimum Gasteiger partial charge on any atom is -0.353 e. The summed E-state index contributed by atoms with van der Waals surface area (Å²) in [4.78, 5) is 16.6. The van der Waals surface area contributed by atoms with E-state index < -0.39 is 0 Å². The summed E-state index contributed by atoms with van der Waals surface area (Å²) < 4.78 is 0. The van der Waals surface area contributed by atoms with Gasteiger partial charge in [0.15, 0.2) is 0 Å². The number of hydrogen-bond donors (Lipinski definition) is 2. The topological polar surface area (TPSA) is 54.0 Å². The van der Waals surface area contributed by atoms with Gasteiger partial charge in [0.25, 0.3) is 5.91 Å². The zero-order valence-corrected chi connectivity index (χ0v) is 14.5. The molecule has 4 nitrogen and oxygen atoms in total. The highest BCUT2D eigenvalue weighted by atomic mass is 35.5. The van der Waals surface area contributed by atoms with Crippen molar-refractivity contribution in [2.75, 3.05) is 5.32 Å². The van der Waals surface area contributed by atoms with Gasteiger partial charge in [-0.2, -0.15) is 0 Å². The molecule has 0 saturated carbocycles. The van der Waals surface area contributed by atoms with E-state index in [0.29, 0.717) is 10.7 Å². The fraction of sp³-hybridized carbons (Fsp3) is 0.100. The van der Waals surface area contributed by atoms with Gasteiger partial charge in [0.1, 0.15) is 5.69 Å². The maximum atomic E-state index is 12.3. The molecule has 1 amide bonds. The van der Waals surface area contributed by atoms with Crippen LogP contribution in [0.2, 0.25) is 5.02 Å². The van der Waals surface area contributed by atoms with Gasteiger partial charge in [0, 0.05) is 0 Å². The summed E-state index contributed by atoms with van der Waals surface area (Å²) in [6.07, 6.45) is 1.62. The van der Waals surface area contributed by atoms with Crippen LogP contribution in [0.15, 0.2) is 72.9 Å². The number of aromatic nitrogens is 1. The van der Waals surface area contributed by atoms with Gasteiger partial charge in [-0.1, -0.05) is 54.1 Å². The molecule has 0 saturated heterocycles. The Balaban J connectivity index is 1.65. The van der Waals surface area contributed by atoms with Crippen molar-refractivity contribution in [3.05, 3.63) is 89.2 Å². The molecule has 0 bridgehead atoms. The molecule has 0 aliphatic rings. The fourth-order valence-corrected chi connectivity index (χ4v) is 2.60. The Hall–Kier alpha value is -2.85. The Kier molecular flexibility index (Phi) is 5.31. The summed E-state index contributed by atoms with van der Waals surface area (Å²) in [6.45, 7) is 1.95. The summed E-state index contributed by atoms with van der Waals surface area (Å²) in [7, 11) is 0. The minimum atomic E-state index is -0.208. The highest BCUT2D eigenvalue weighted by Crippen LogP contribution is 2.24. The van der Waals surface area contributed by atoms with Gasteiger partial charge in [-0.25, -0.2) is 4.98 Å². The third-order valence-electron chi connectivity index (χ3n) is 3.80. The normalized spacial score (nSPS) is 11.6. The van der Waals surface area contributed by atoms with Gasteiger partial charge >= 0.3 is 0 Å². The summed E-state index contributed by atoms with van der Waals surface area (Å²) in [5.74, 6) is -0.208. The first kappa shape index (κ1) is 17.0. The smallest absolute Gasteiger partial charge is 0.270 e. The van der Waals surface area contributed by atoms with Gasteiger partial charge in [-0.3, -0.25) is 4.79 Å². The van der Waals surface area contributed by atoms with E-state index in [0.717, 1.165) is 16.9 Å². The number of amides is 1. The van der Waals surface area contributed by atoms with Crippen molar-refractivity contribution in [3.63, 3.8) is 0 Å². The van der Waals surface area contributed by atoms with Gasteiger partial charge in [0.2, 0.25) is 0 Å². The van der Waals surface area contributed by atoms with E-state index in [2.05, 4.69) is 15.6 Å². The van der Waals surface area contributed by atoms with E-state index in [4.69, 9.17) is 11.6 Å². The lowest BCUT2D eigenvalue weighted by atomic mass is 10.1. The van der Waals surface area contributed by atoms with Crippen LogP contribution in [-0.4, -0.2) is 10.9 Å². The predicted octanol–water partition coefficient (Wildman–Crippen LogP) is 4.97. The fourth-order valence-electron chi connectivity index (χ4n) is 2.42. The van der Waals surface area contributed by atoms with Gasteiger partial charge in [-0.15, -0.1) is 0 Å². The van der Waals surface area contributed by atoms with Gasteiger partial charge in [-0.05, 0) is 36.8 Å². The Labute approximate surface area is 151 Å². The zero-order valence-electron chi connectivity index (χ0n) is 13.7. The molecule has 1 atom stereocenters. The number of carbonyl (C=O) groups excluding carboxylic acids is 1. The second kappa shape index (κ2) is 7.81. The third-order valence-corrected chi connectivity index (χ3v) is 4.13. The summed E-state index contributed by atoms with van der Waals surface area (Å²) in [6, 6.07) is 20.7. The minimum absolute atomic E-state index is 0.0866. The molecule has 1 aromatic heterocycles. The second-order valence-electron chi connectivity index (χ2n) is 5.64. The molecule has 126 valence electrons. The molecule has 0 aliphatic carbocycles. The second-order valence-corrected chi connectivity index (χ2v) is 6.05. The number of pyridine rings is 1. The molecule has 2 aromatic carbocycles. The van der Waals surface area contributed by atoms with E-state index in [1.165, 1.54) is 0 Å². The highest BCUT2D eigenvalue weighted by Gasteiger charge is 2.12. The predicted molar refractivity (Wildman–Crippen MR) is 101 cm³/mol. The molecule has 25 heavy (non-hydrogen) atoms. The van der Waals surface area contributed by atoms with E-state index in [1.807, 2.05) is 61.5 Å². The molecule has 0 radical (unpaired) electrons. The molecule has 5 heteroatoms. The first-order valence-electron chi connectivity index (χ1n) is 7.97. The average Bonchev–Trinajstić information content (AvgIpc) is 2.65. The molecule has 1 unspecified atom stereocenters. The lowest BCUT2D eigenvalue weighted by Gasteiger charge is -2.14. The Morgan fingerprint density at radius 1 is 1.00 bits per heavy atom. The lowest BCUT2D eigenvalue weighted by molar-refractivity contribution is 0.0935. The van der Waals surface area contributed by atoms with Gasteiger partial charge < -0.3 is 10.6 Å². The van der Waals surface area contributed by atoms with Crippen LogP contribution in [0.3, 0.4) is 0 Å². The zero-order chi connectivity index (χ0) is 17.6. The standard InChI is InChI=1S/C20H18ClN3O/c1-14(15-7-3-2-4-8-15)23-20(25)19-12-11-16(13-22-19)24-18-10-6-5-9-17(18)21/h2-14,24H,1H3,(H,23,25). The molecular formula is C20H18ClN3O. The Morgan fingerprint density at radius 3 is 2.40 bits per heavy atom. The van der Waals surface area contributed by atoms with Crippen LogP contribution in [-0.2, 0) is 0 Å². The van der Waals surface area contributed by atoms with Crippen LogP contribution >= 0.6 is 11.6 Å². The number of nitrogens with zero attached hydrogens (tertiary/aromatic N) is 1. The van der Waals surface area contributed by atoms with E-state index >= 15 is 0 Å². The Bertz CT molecular complexity index is 850. The van der Waals surface area contributed by atoms with E-state index in [1.54, 1.807) is 18.3 Å². The first-order chi connectivity index (χ1) is 12.1. The van der Waals surface area contributed by atoms with E-state index in [9.17, 15) is 4.79 Å². The summed E-state index contributed by atoms with van der Waals surface area (Å²) in [5.41, 5.74) is 2.97. The van der Waals surface area contributed by atoms with Crippen molar-refractivity contribution in [2.24, 2.45) is 0 Å². The summed E-state index contributed by atoms with van der Waals surface area (Å²) in [5, 5.41) is 6.75. The number of hydrogen-bond acceptors (Lipinski definition) is 3. The van der Waals surface area contributed by atoms with Crippen LogP contribution < -0.4 is 10.6 Å². The van der Waals surface area contributed by atoms with Crippen molar-refractivity contribution in [1.82, 2.24) is 10.3 Å². The quantitative estimate of drug-likeness (QED) is 0.682. The number of benzene rings is 2. The number of rotatable bonds is 5. The third kappa shape index (κ3) is 4.37.